The van der Waals surface area contributed by atoms with Crippen LogP contribution in [0.2, 0.25) is 5.02 Å². The van der Waals surface area contributed by atoms with Gasteiger partial charge in [0.15, 0.2) is 0 Å². The first-order chi connectivity index (χ1) is 8.79. The fraction of sp³-hybridized carbons (Fsp3) is 0.500. The molecule has 1 aromatic carbocycles. The summed E-state index contributed by atoms with van der Waals surface area (Å²) in [6.07, 6.45) is 0.636. The molecule has 1 aliphatic rings. The summed E-state index contributed by atoms with van der Waals surface area (Å²) in [5, 5.41) is 3.18. The Morgan fingerprint density at radius 2 is 2.20 bits per heavy atom. The second-order valence-electron chi connectivity index (χ2n) is 5.79. The van der Waals surface area contributed by atoms with E-state index >= 15 is 0 Å². The summed E-state index contributed by atoms with van der Waals surface area (Å²) in [6.45, 7) is 4.08. The number of halogens is 3. The number of carbonyl (C=O) groups excluding carboxylic acids is 1. The standard InChI is InChI=1S/C14H18ClFN2O.ClH/c1-14(2,17)7-18-13(19)9-6-8(9)12-10(15)4-3-5-11(12)16;/h3-5,8-9H,6-7,17H2,1-2H3,(H,18,19);1H. The second-order valence-corrected chi connectivity index (χ2v) is 6.20. The van der Waals surface area contributed by atoms with Crippen LogP contribution in [-0.4, -0.2) is 18.0 Å². The lowest BCUT2D eigenvalue weighted by Gasteiger charge is -2.18. The van der Waals surface area contributed by atoms with Crippen molar-refractivity contribution in [3.05, 3.63) is 34.6 Å². The highest BCUT2D eigenvalue weighted by Gasteiger charge is 2.46. The first-order valence-electron chi connectivity index (χ1n) is 6.30. The highest BCUT2D eigenvalue weighted by molar-refractivity contribution is 6.31. The van der Waals surface area contributed by atoms with Crippen molar-refractivity contribution in [2.45, 2.75) is 31.7 Å². The van der Waals surface area contributed by atoms with Gasteiger partial charge in [0.25, 0.3) is 0 Å². The zero-order chi connectivity index (χ0) is 14.2. The van der Waals surface area contributed by atoms with Crippen LogP contribution >= 0.6 is 24.0 Å². The van der Waals surface area contributed by atoms with Crippen molar-refractivity contribution in [1.29, 1.82) is 0 Å². The first-order valence-corrected chi connectivity index (χ1v) is 6.68. The molecule has 2 rings (SSSR count). The lowest BCUT2D eigenvalue weighted by Crippen LogP contribution is -2.45. The predicted molar refractivity (Wildman–Crippen MR) is 80.8 cm³/mol. The van der Waals surface area contributed by atoms with Gasteiger partial charge in [0.05, 0.1) is 0 Å². The summed E-state index contributed by atoms with van der Waals surface area (Å²) >= 11 is 5.99. The molecular formula is C14H19Cl2FN2O. The van der Waals surface area contributed by atoms with Gasteiger partial charge < -0.3 is 11.1 Å². The average molecular weight is 321 g/mol. The molecule has 0 spiro atoms. The highest BCUT2D eigenvalue weighted by atomic mass is 35.5. The largest absolute Gasteiger partial charge is 0.354 e. The van der Waals surface area contributed by atoms with Gasteiger partial charge in [-0.05, 0) is 32.4 Å². The fourth-order valence-corrected chi connectivity index (χ4v) is 2.42. The van der Waals surface area contributed by atoms with Crippen molar-refractivity contribution in [1.82, 2.24) is 5.32 Å². The number of rotatable bonds is 4. The minimum absolute atomic E-state index is 0. The molecule has 20 heavy (non-hydrogen) atoms. The van der Waals surface area contributed by atoms with Gasteiger partial charge in [-0.1, -0.05) is 17.7 Å². The third-order valence-corrected chi connectivity index (χ3v) is 3.55. The number of nitrogens with one attached hydrogen (secondary N) is 1. The Bertz CT molecular complexity index is 482. The van der Waals surface area contributed by atoms with E-state index < -0.39 is 5.54 Å². The first kappa shape index (κ1) is 17.2. The van der Waals surface area contributed by atoms with Crippen LogP contribution in [-0.2, 0) is 4.79 Å². The predicted octanol–water partition coefficient (Wildman–Crippen LogP) is 2.86. The molecule has 6 heteroatoms. The molecule has 1 saturated carbocycles. The topological polar surface area (TPSA) is 55.1 Å². The van der Waals surface area contributed by atoms with Crippen LogP contribution in [0.3, 0.4) is 0 Å². The summed E-state index contributed by atoms with van der Waals surface area (Å²) in [7, 11) is 0. The van der Waals surface area contributed by atoms with E-state index in [0.29, 0.717) is 23.6 Å². The Labute approximate surface area is 129 Å². The number of hydrogen-bond acceptors (Lipinski definition) is 2. The Kier molecular flexibility index (Phi) is 5.41. The van der Waals surface area contributed by atoms with E-state index in [-0.39, 0.29) is 36.0 Å². The fourth-order valence-electron chi connectivity index (χ4n) is 2.11. The van der Waals surface area contributed by atoms with E-state index in [1.54, 1.807) is 12.1 Å². The zero-order valence-electron chi connectivity index (χ0n) is 11.5. The summed E-state index contributed by atoms with van der Waals surface area (Å²) in [4.78, 5) is 11.9. The third-order valence-electron chi connectivity index (χ3n) is 3.22. The van der Waals surface area contributed by atoms with Crippen molar-refractivity contribution >= 4 is 29.9 Å². The maximum Gasteiger partial charge on any atom is 0.223 e. The Balaban J connectivity index is 0.00000200. The molecule has 0 bridgehead atoms. The number of nitrogens with two attached hydrogens (primary N) is 1. The zero-order valence-corrected chi connectivity index (χ0v) is 13.0. The molecule has 0 radical (unpaired) electrons. The number of carbonyl (C=O) groups is 1. The van der Waals surface area contributed by atoms with Gasteiger partial charge in [-0.3, -0.25) is 4.79 Å². The SMILES string of the molecule is CC(C)(N)CNC(=O)C1CC1c1c(F)cccc1Cl.Cl. The molecule has 0 aromatic heterocycles. The maximum absolute atomic E-state index is 13.7. The maximum atomic E-state index is 13.7. The Hall–Kier alpha value is -0.840. The van der Waals surface area contributed by atoms with E-state index in [0.717, 1.165) is 0 Å². The van der Waals surface area contributed by atoms with E-state index in [4.69, 9.17) is 17.3 Å². The van der Waals surface area contributed by atoms with E-state index in [1.807, 2.05) is 13.8 Å². The normalized spacial score (nSPS) is 21.1. The minimum Gasteiger partial charge on any atom is -0.354 e. The smallest absolute Gasteiger partial charge is 0.223 e. The van der Waals surface area contributed by atoms with Gasteiger partial charge in [-0.2, -0.15) is 0 Å². The molecule has 2 unspecified atom stereocenters. The molecule has 2 atom stereocenters. The van der Waals surface area contributed by atoms with Crippen molar-refractivity contribution in [2.24, 2.45) is 11.7 Å². The Morgan fingerprint density at radius 3 is 2.75 bits per heavy atom. The summed E-state index contributed by atoms with van der Waals surface area (Å²) in [5.41, 5.74) is 5.81. The Morgan fingerprint density at radius 1 is 1.55 bits per heavy atom. The number of benzene rings is 1. The van der Waals surface area contributed by atoms with Crippen LogP contribution in [0.4, 0.5) is 4.39 Å². The second kappa shape index (κ2) is 6.29. The van der Waals surface area contributed by atoms with Gasteiger partial charge in [-0.25, -0.2) is 4.39 Å². The van der Waals surface area contributed by atoms with Crippen LogP contribution in [0.1, 0.15) is 31.7 Å². The highest BCUT2D eigenvalue weighted by Crippen LogP contribution is 2.50. The van der Waals surface area contributed by atoms with E-state index in [1.165, 1.54) is 6.07 Å². The third kappa shape index (κ3) is 4.08. The molecule has 112 valence electrons. The minimum atomic E-state index is -0.449. The van der Waals surface area contributed by atoms with Crippen LogP contribution in [0.5, 0.6) is 0 Å². The number of hydrogen-bond donors (Lipinski definition) is 2. The van der Waals surface area contributed by atoms with Crippen molar-refractivity contribution in [3.63, 3.8) is 0 Å². The molecular weight excluding hydrogens is 302 g/mol. The summed E-state index contributed by atoms with van der Waals surface area (Å²) < 4.78 is 13.7. The van der Waals surface area contributed by atoms with Gasteiger partial charge >= 0.3 is 0 Å². The molecule has 0 aliphatic heterocycles. The molecule has 3 N–H and O–H groups in total. The molecule has 1 fully saturated rings. The van der Waals surface area contributed by atoms with Crippen LogP contribution < -0.4 is 11.1 Å². The molecule has 1 aliphatic carbocycles. The molecule has 0 saturated heterocycles. The van der Waals surface area contributed by atoms with Crippen molar-refractivity contribution < 1.29 is 9.18 Å². The van der Waals surface area contributed by atoms with E-state index in [2.05, 4.69) is 5.32 Å². The van der Waals surface area contributed by atoms with Gasteiger partial charge in [0.1, 0.15) is 5.82 Å². The van der Waals surface area contributed by atoms with Crippen LogP contribution in [0.25, 0.3) is 0 Å². The number of amides is 1. The molecule has 0 heterocycles. The molecule has 1 amide bonds. The van der Waals surface area contributed by atoms with Gasteiger partial charge in [-0.15, -0.1) is 12.4 Å². The van der Waals surface area contributed by atoms with Gasteiger partial charge in [0, 0.05) is 34.5 Å². The molecule has 3 nitrogen and oxygen atoms in total. The van der Waals surface area contributed by atoms with E-state index in [9.17, 15) is 9.18 Å². The molecule has 1 aromatic rings. The average Bonchev–Trinajstić information content (AvgIpc) is 3.05. The van der Waals surface area contributed by atoms with Crippen molar-refractivity contribution in [2.75, 3.05) is 6.54 Å². The lowest BCUT2D eigenvalue weighted by atomic mass is 10.1. The van der Waals surface area contributed by atoms with Crippen molar-refractivity contribution in [3.8, 4) is 0 Å². The summed E-state index contributed by atoms with van der Waals surface area (Å²) in [6, 6.07) is 4.59. The van der Waals surface area contributed by atoms with Crippen LogP contribution in [0, 0.1) is 11.7 Å². The van der Waals surface area contributed by atoms with Gasteiger partial charge in [0.2, 0.25) is 5.91 Å². The lowest BCUT2D eigenvalue weighted by molar-refractivity contribution is -0.122. The van der Waals surface area contributed by atoms with Crippen LogP contribution in [0.15, 0.2) is 18.2 Å². The quantitative estimate of drug-likeness (QED) is 0.896. The monoisotopic (exact) mass is 320 g/mol. The summed E-state index contributed by atoms with van der Waals surface area (Å²) in [5.74, 6) is -0.735.